The number of nitrogens with one attached hydrogen (secondary N) is 3. The van der Waals surface area contributed by atoms with E-state index < -0.39 is 28.8 Å². The van der Waals surface area contributed by atoms with E-state index in [4.69, 9.17) is 10.7 Å². The van der Waals surface area contributed by atoms with Crippen molar-refractivity contribution in [2.24, 2.45) is 0 Å². The van der Waals surface area contributed by atoms with E-state index >= 15 is 0 Å². The summed E-state index contributed by atoms with van der Waals surface area (Å²) in [7, 11) is 0. The van der Waals surface area contributed by atoms with Crippen LogP contribution in [0.1, 0.15) is 23.6 Å². The van der Waals surface area contributed by atoms with Crippen LogP contribution in [0.15, 0.2) is 54.7 Å². The number of benzene rings is 2. The average molecular weight is 416 g/mol. The lowest BCUT2D eigenvalue weighted by Gasteiger charge is -2.23. The molecule has 0 unspecified atom stereocenters. The molecule has 2 rings (SSSR count). The lowest BCUT2D eigenvalue weighted by Crippen LogP contribution is -2.47. The second-order valence-corrected chi connectivity index (χ2v) is 6.59. The third kappa shape index (κ3) is 5.68. The normalized spacial score (nSPS) is 13.7. The molecule has 0 radical (unpaired) electrons. The minimum atomic E-state index is -4.76. The van der Waals surface area contributed by atoms with Crippen LogP contribution in [-0.2, 0) is 11.0 Å². The van der Waals surface area contributed by atoms with Gasteiger partial charge in [-0.3, -0.25) is 4.79 Å². The molecule has 156 valence electrons. The summed E-state index contributed by atoms with van der Waals surface area (Å²) in [6, 6.07) is 13.2. The summed E-state index contributed by atoms with van der Waals surface area (Å²) in [6.07, 6.45) is -2.21. The first kappa shape index (κ1) is 22.6. The van der Waals surface area contributed by atoms with Crippen molar-refractivity contribution in [1.29, 1.82) is 10.7 Å². The molecule has 0 aliphatic heterocycles. The van der Waals surface area contributed by atoms with Gasteiger partial charge in [0.2, 0.25) is 0 Å². The molecule has 6 nitrogen and oxygen atoms in total. The van der Waals surface area contributed by atoms with Crippen LogP contribution in [0.2, 0.25) is 0 Å². The lowest BCUT2D eigenvalue weighted by molar-refractivity contribution is -0.138. The fraction of sp³-hybridized carbons (Fsp3) is 0.190. The number of halogens is 3. The molecule has 30 heavy (non-hydrogen) atoms. The highest BCUT2D eigenvalue weighted by atomic mass is 19.4. The Morgan fingerprint density at radius 3 is 2.47 bits per heavy atom. The summed E-state index contributed by atoms with van der Waals surface area (Å²) in [4.78, 5) is 12.4. The maximum atomic E-state index is 13.1. The zero-order valence-corrected chi connectivity index (χ0v) is 15.9. The van der Waals surface area contributed by atoms with Crippen molar-refractivity contribution in [3.05, 3.63) is 71.4 Å². The van der Waals surface area contributed by atoms with Gasteiger partial charge in [0.15, 0.2) is 5.60 Å². The van der Waals surface area contributed by atoms with Gasteiger partial charge in [-0.15, -0.1) is 0 Å². The number of nitriles is 1. The Kier molecular flexibility index (Phi) is 6.97. The first-order chi connectivity index (χ1) is 14.1. The second kappa shape index (κ2) is 9.24. The monoisotopic (exact) mass is 416 g/mol. The molecule has 0 saturated heterocycles. The molecule has 0 fully saturated rings. The number of allylic oxidation sites excluding steroid dienone is 1. The number of anilines is 1. The first-order valence-electron chi connectivity index (χ1n) is 8.73. The Balaban J connectivity index is 2.10. The molecule has 0 bridgehead atoms. The number of aliphatic hydroxyl groups is 1. The van der Waals surface area contributed by atoms with Crippen molar-refractivity contribution in [2.45, 2.75) is 18.7 Å². The maximum Gasteiger partial charge on any atom is 0.417 e. The van der Waals surface area contributed by atoms with Crippen LogP contribution in [0.3, 0.4) is 0 Å². The van der Waals surface area contributed by atoms with Crippen molar-refractivity contribution < 1.29 is 23.1 Å². The van der Waals surface area contributed by atoms with Crippen LogP contribution in [0.25, 0.3) is 5.57 Å². The van der Waals surface area contributed by atoms with Crippen LogP contribution < -0.4 is 10.6 Å². The fourth-order valence-corrected chi connectivity index (χ4v) is 2.50. The van der Waals surface area contributed by atoms with Gasteiger partial charge in [0.25, 0.3) is 5.91 Å². The Hall–Kier alpha value is -3.64. The summed E-state index contributed by atoms with van der Waals surface area (Å²) < 4.78 is 39.2. The summed E-state index contributed by atoms with van der Waals surface area (Å²) in [5.41, 5.74) is -2.66. The molecule has 2 aromatic carbocycles. The molecule has 0 heterocycles. The number of alkyl halides is 3. The predicted octanol–water partition coefficient (Wildman–Crippen LogP) is 3.55. The van der Waals surface area contributed by atoms with E-state index in [2.05, 4.69) is 10.6 Å². The van der Waals surface area contributed by atoms with Crippen LogP contribution in [0.5, 0.6) is 0 Å². The maximum absolute atomic E-state index is 13.1. The summed E-state index contributed by atoms with van der Waals surface area (Å²) in [5.74, 6) is -0.933. The van der Waals surface area contributed by atoms with Crippen molar-refractivity contribution in [2.75, 3.05) is 11.9 Å². The van der Waals surface area contributed by atoms with Gasteiger partial charge in [-0.2, -0.15) is 18.4 Å². The zero-order valence-electron chi connectivity index (χ0n) is 15.9. The van der Waals surface area contributed by atoms with Gasteiger partial charge < -0.3 is 21.1 Å². The van der Waals surface area contributed by atoms with Crippen molar-refractivity contribution in [3.8, 4) is 6.07 Å². The highest BCUT2D eigenvalue weighted by Gasteiger charge is 2.35. The van der Waals surface area contributed by atoms with Gasteiger partial charge in [0.05, 0.1) is 23.7 Å². The second-order valence-electron chi connectivity index (χ2n) is 6.59. The Labute approximate surface area is 171 Å². The molecular weight excluding hydrogens is 397 g/mol. The van der Waals surface area contributed by atoms with Gasteiger partial charge in [-0.25, -0.2) is 0 Å². The molecule has 0 spiro atoms. The fourth-order valence-electron chi connectivity index (χ4n) is 2.50. The lowest BCUT2D eigenvalue weighted by atomic mass is 10.0. The number of hydrogen-bond acceptors (Lipinski definition) is 5. The quantitative estimate of drug-likeness (QED) is 0.518. The largest absolute Gasteiger partial charge is 0.417 e. The van der Waals surface area contributed by atoms with E-state index in [0.717, 1.165) is 23.9 Å². The number of carbonyl (C=O) groups excluding carboxylic acids is 1. The van der Waals surface area contributed by atoms with Crippen molar-refractivity contribution >= 4 is 23.4 Å². The molecule has 1 amide bonds. The predicted molar refractivity (Wildman–Crippen MR) is 107 cm³/mol. The zero-order chi connectivity index (χ0) is 22.4. The Morgan fingerprint density at radius 2 is 1.90 bits per heavy atom. The van der Waals surface area contributed by atoms with Gasteiger partial charge in [-0.05, 0) is 30.7 Å². The molecule has 0 aromatic heterocycles. The highest BCUT2D eigenvalue weighted by molar-refractivity contribution is 6.08. The number of carbonyl (C=O) groups is 1. The molecule has 0 aliphatic carbocycles. The Morgan fingerprint density at radius 1 is 1.23 bits per heavy atom. The number of hydrogen-bond donors (Lipinski definition) is 4. The van der Waals surface area contributed by atoms with Gasteiger partial charge >= 0.3 is 6.18 Å². The SMILES string of the molecule is C[C@](O)(CN/C=C(\C=N)c1ccccc1)C(=O)Nc1ccc(C#N)c(C(F)(F)F)c1. The standard InChI is InChI=1S/C21H19F3N4O2/c1-20(30,13-27-12-16(11-26)14-5-3-2-4-6-14)19(29)28-17-8-7-15(10-25)18(9-17)21(22,23)24/h2-9,11-12,26-27,30H,13H2,1H3,(H,28,29)/b16-12+,26-11?/t20-/m0/s1. The summed E-state index contributed by atoms with van der Waals surface area (Å²) in [6.45, 7) is 0.940. The minimum Gasteiger partial charge on any atom is -0.387 e. The molecule has 0 aliphatic rings. The van der Waals surface area contributed by atoms with Gasteiger partial charge in [0, 0.05) is 23.7 Å². The van der Waals surface area contributed by atoms with E-state index in [0.29, 0.717) is 11.6 Å². The Bertz CT molecular complexity index is 994. The topological polar surface area (TPSA) is 109 Å². The number of rotatable bonds is 7. The molecule has 2 aromatic rings. The third-order valence-electron chi connectivity index (χ3n) is 4.16. The van der Waals surface area contributed by atoms with E-state index in [1.54, 1.807) is 24.3 Å². The molecule has 9 heteroatoms. The van der Waals surface area contributed by atoms with E-state index in [9.17, 15) is 23.1 Å². The van der Waals surface area contributed by atoms with Crippen LogP contribution in [-0.4, -0.2) is 29.4 Å². The molecule has 1 atom stereocenters. The first-order valence-corrected chi connectivity index (χ1v) is 8.73. The van der Waals surface area contributed by atoms with Crippen LogP contribution in [0, 0.1) is 16.7 Å². The summed E-state index contributed by atoms with van der Waals surface area (Å²) in [5, 5.41) is 31.7. The number of amides is 1. The van der Waals surface area contributed by atoms with Crippen LogP contribution in [0.4, 0.5) is 18.9 Å². The molecule has 4 N–H and O–H groups in total. The van der Waals surface area contributed by atoms with Crippen LogP contribution >= 0.6 is 0 Å². The molecule has 0 saturated carbocycles. The van der Waals surface area contributed by atoms with E-state index in [-0.39, 0.29) is 12.2 Å². The number of nitrogens with zero attached hydrogens (tertiary/aromatic N) is 1. The van der Waals surface area contributed by atoms with Gasteiger partial charge in [0.1, 0.15) is 0 Å². The highest BCUT2D eigenvalue weighted by Crippen LogP contribution is 2.33. The van der Waals surface area contributed by atoms with E-state index in [1.165, 1.54) is 19.2 Å². The van der Waals surface area contributed by atoms with Crippen molar-refractivity contribution in [3.63, 3.8) is 0 Å². The van der Waals surface area contributed by atoms with E-state index in [1.807, 2.05) is 6.07 Å². The minimum absolute atomic E-state index is 0.202. The average Bonchev–Trinajstić information content (AvgIpc) is 2.71. The van der Waals surface area contributed by atoms with Crippen molar-refractivity contribution in [1.82, 2.24) is 5.32 Å². The molecular formula is C21H19F3N4O2. The van der Waals surface area contributed by atoms with Gasteiger partial charge in [-0.1, -0.05) is 30.3 Å². The smallest absolute Gasteiger partial charge is 0.387 e. The summed E-state index contributed by atoms with van der Waals surface area (Å²) >= 11 is 0. The third-order valence-corrected chi connectivity index (χ3v) is 4.16.